The van der Waals surface area contributed by atoms with Crippen LogP contribution in [0.2, 0.25) is 0 Å². The van der Waals surface area contributed by atoms with Gasteiger partial charge < -0.3 is 10.2 Å². The summed E-state index contributed by atoms with van der Waals surface area (Å²) in [4.78, 5) is 26.0. The third-order valence-electron chi connectivity index (χ3n) is 4.46. The Kier molecular flexibility index (Phi) is 4.91. The summed E-state index contributed by atoms with van der Waals surface area (Å²) in [6.07, 6.45) is 4.74. The van der Waals surface area contributed by atoms with Gasteiger partial charge in [-0.1, -0.05) is 25.1 Å². The van der Waals surface area contributed by atoms with Gasteiger partial charge in [0.15, 0.2) is 0 Å². The van der Waals surface area contributed by atoms with E-state index in [9.17, 15) is 18.0 Å². The fourth-order valence-corrected chi connectivity index (χ4v) is 4.53. The minimum atomic E-state index is -3.81. The van der Waals surface area contributed by atoms with E-state index in [1.54, 1.807) is 17.0 Å². The second-order valence-electron chi connectivity index (χ2n) is 6.08. The number of nitrogens with one attached hydrogen (secondary N) is 1. The summed E-state index contributed by atoms with van der Waals surface area (Å²) < 4.78 is 26.7. The molecule has 2 aliphatic rings. The van der Waals surface area contributed by atoms with Crippen molar-refractivity contribution in [3.63, 3.8) is 0 Å². The van der Waals surface area contributed by atoms with E-state index in [1.165, 1.54) is 12.1 Å². The normalized spacial score (nSPS) is 21.4. The minimum Gasteiger partial charge on any atom is -0.354 e. The predicted octanol–water partition coefficient (Wildman–Crippen LogP) is 0.598. The van der Waals surface area contributed by atoms with Crippen LogP contribution in [0.3, 0.4) is 0 Å². The second kappa shape index (κ2) is 6.97. The summed E-state index contributed by atoms with van der Waals surface area (Å²) in [5.74, 6) is -0.513. The Bertz CT molecular complexity index is 819. The number of carbonyl (C=O) groups excluding carboxylic acids is 2. The molecule has 0 saturated carbocycles. The molecule has 0 bridgehead atoms. The number of nitrogens with zero attached hydrogens (tertiary/aromatic N) is 2. The fourth-order valence-electron chi connectivity index (χ4n) is 3.09. The number of sulfonamides is 1. The molecule has 1 N–H and O–H groups in total. The van der Waals surface area contributed by atoms with E-state index in [0.717, 1.165) is 10.7 Å². The predicted molar refractivity (Wildman–Crippen MR) is 92.5 cm³/mol. The Balaban J connectivity index is 1.86. The van der Waals surface area contributed by atoms with Crippen molar-refractivity contribution in [1.82, 2.24) is 14.5 Å². The van der Waals surface area contributed by atoms with Crippen molar-refractivity contribution in [2.45, 2.75) is 24.3 Å². The lowest BCUT2D eigenvalue weighted by Gasteiger charge is -2.26. The molecular weight excluding hydrogens is 342 g/mol. The average Bonchev–Trinajstić information content (AvgIpc) is 3.10. The van der Waals surface area contributed by atoms with E-state index in [0.29, 0.717) is 12.1 Å². The van der Waals surface area contributed by atoms with Crippen LogP contribution in [0.4, 0.5) is 0 Å². The van der Waals surface area contributed by atoms with Gasteiger partial charge in [-0.2, -0.15) is 4.31 Å². The zero-order valence-electron chi connectivity index (χ0n) is 14.0. The summed E-state index contributed by atoms with van der Waals surface area (Å²) in [5, 5.41) is 2.60. The number of benzene rings is 1. The molecule has 0 unspecified atom stereocenters. The van der Waals surface area contributed by atoms with Crippen LogP contribution in [0.1, 0.15) is 23.7 Å². The lowest BCUT2D eigenvalue weighted by Crippen LogP contribution is -2.49. The van der Waals surface area contributed by atoms with Crippen molar-refractivity contribution in [3.8, 4) is 0 Å². The third kappa shape index (κ3) is 3.45. The molecular formula is C17H21N3O4S. The highest BCUT2D eigenvalue weighted by Crippen LogP contribution is 2.21. The molecule has 1 fully saturated rings. The SMILES string of the molecule is CC[C@H]1C=CCN1C(=O)c1cccc(S(=O)(=O)N2CCNC(=O)C2)c1. The lowest BCUT2D eigenvalue weighted by atomic mass is 10.1. The lowest BCUT2D eigenvalue weighted by molar-refractivity contribution is -0.122. The van der Waals surface area contributed by atoms with Crippen LogP contribution in [0, 0.1) is 0 Å². The van der Waals surface area contributed by atoms with Crippen LogP contribution in [0.15, 0.2) is 41.3 Å². The van der Waals surface area contributed by atoms with Crippen molar-refractivity contribution in [3.05, 3.63) is 42.0 Å². The van der Waals surface area contributed by atoms with Crippen molar-refractivity contribution >= 4 is 21.8 Å². The molecule has 0 radical (unpaired) electrons. The van der Waals surface area contributed by atoms with E-state index in [1.807, 2.05) is 19.1 Å². The first-order chi connectivity index (χ1) is 11.9. The van der Waals surface area contributed by atoms with Crippen LogP contribution >= 0.6 is 0 Å². The molecule has 7 nitrogen and oxygen atoms in total. The molecule has 8 heteroatoms. The van der Waals surface area contributed by atoms with E-state index >= 15 is 0 Å². The molecule has 25 heavy (non-hydrogen) atoms. The topological polar surface area (TPSA) is 86.8 Å². The summed E-state index contributed by atoms with van der Waals surface area (Å²) >= 11 is 0. The molecule has 2 amide bonds. The second-order valence-corrected chi connectivity index (χ2v) is 8.02. The van der Waals surface area contributed by atoms with Crippen LogP contribution in [0.25, 0.3) is 0 Å². The summed E-state index contributed by atoms with van der Waals surface area (Å²) in [6.45, 7) is 2.84. The van der Waals surface area contributed by atoms with Crippen molar-refractivity contribution in [2.24, 2.45) is 0 Å². The zero-order chi connectivity index (χ0) is 18.0. The first-order valence-electron chi connectivity index (χ1n) is 8.28. The highest BCUT2D eigenvalue weighted by Gasteiger charge is 2.30. The number of amides is 2. The standard InChI is InChI=1S/C17H21N3O4S/c1-2-14-6-4-9-20(14)17(22)13-5-3-7-15(11-13)25(23,24)19-10-8-18-16(21)12-19/h3-7,11,14H,2,8-10,12H2,1H3,(H,18,21)/t14-/m0/s1. The molecule has 1 saturated heterocycles. The van der Waals surface area contributed by atoms with Gasteiger partial charge in [0, 0.05) is 25.2 Å². The van der Waals surface area contributed by atoms with Crippen molar-refractivity contribution in [1.29, 1.82) is 0 Å². The van der Waals surface area contributed by atoms with Gasteiger partial charge in [-0.25, -0.2) is 8.42 Å². The third-order valence-corrected chi connectivity index (χ3v) is 6.30. The largest absolute Gasteiger partial charge is 0.354 e. The molecule has 2 aliphatic heterocycles. The Morgan fingerprint density at radius 1 is 1.36 bits per heavy atom. The Labute approximate surface area is 147 Å². The molecule has 1 aromatic carbocycles. The monoisotopic (exact) mass is 363 g/mol. The average molecular weight is 363 g/mol. The summed E-state index contributed by atoms with van der Waals surface area (Å²) in [6, 6.07) is 6.08. The van der Waals surface area contributed by atoms with Gasteiger partial charge >= 0.3 is 0 Å². The number of carbonyl (C=O) groups is 2. The quantitative estimate of drug-likeness (QED) is 0.794. The first kappa shape index (κ1) is 17.6. The summed E-state index contributed by atoms with van der Waals surface area (Å²) in [7, 11) is -3.81. The molecule has 134 valence electrons. The number of piperazine rings is 1. The Morgan fingerprint density at radius 2 is 2.16 bits per heavy atom. The smallest absolute Gasteiger partial charge is 0.254 e. The molecule has 1 aromatic rings. The van der Waals surface area contributed by atoms with E-state index in [-0.39, 0.29) is 42.4 Å². The van der Waals surface area contributed by atoms with Crippen LogP contribution in [-0.4, -0.2) is 61.7 Å². The maximum absolute atomic E-state index is 12.8. The van der Waals surface area contributed by atoms with Gasteiger partial charge in [0.05, 0.1) is 17.5 Å². The molecule has 2 heterocycles. The molecule has 0 aliphatic carbocycles. The van der Waals surface area contributed by atoms with Crippen LogP contribution < -0.4 is 5.32 Å². The number of hydrogen-bond donors (Lipinski definition) is 1. The van der Waals surface area contributed by atoms with Gasteiger partial charge in [-0.15, -0.1) is 0 Å². The molecule has 3 rings (SSSR count). The van der Waals surface area contributed by atoms with E-state index in [2.05, 4.69) is 5.32 Å². The highest BCUT2D eigenvalue weighted by atomic mass is 32.2. The maximum Gasteiger partial charge on any atom is 0.254 e. The summed E-state index contributed by atoms with van der Waals surface area (Å²) in [5.41, 5.74) is 0.338. The number of rotatable bonds is 4. The van der Waals surface area contributed by atoms with Gasteiger partial charge in [0.2, 0.25) is 15.9 Å². The highest BCUT2D eigenvalue weighted by molar-refractivity contribution is 7.89. The molecule has 0 spiro atoms. The van der Waals surface area contributed by atoms with Gasteiger partial charge in [-0.3, -0.25) is 9.59 Å². The zero-order valence-corrected chi connectivity index (χ0v) is 14.8. The van der Waals surface area contributed by atoms with Crippen molar-refractivity contribution < 1.29 is 18.0 Å². The van der Waals surface area contributed by atoms with Crippen molar-refractivity contribution in [2.75, 3.05) is 26.2 Å². The number of hydrogen-bond acceptors (Lipinski definition) is 4. The maximum atomic E-state index is 12.8. The van der Waals surface area contributed by atoms with Crippen LogP contribution in [-0.2, 0) is 14.8 Å². The van der Waals surface area contributed by atoms with E-state index in [4.69, 9.17) is 0 Å². The Hall–Kier alpha value is -2.19. The van der Waals surface area contributed by atoms with Gasteiger partial charge in [0.25, 0.3) is 5.91 Å². The van der Waals surface area contributed by atoms with Crippen LogP contribution in [0.5, 0.6) is 0 Å². The molecule has 1 atom stereocenters. The Morgan fingerprint density at radius 3 is 2.88 bits per heavy atom. The molecule has 0 aromatic heterocycles. The first-order valence-corrected chi connectivity index (χ1v) is 9.72. The minimum absolute atomic E-state index is 0.0354. The van der Waals surface area contributed by atoms with E-state index < -0.39 is 10.0 Å². The fraction of sp³-hybridized carbons (Fsp3) is 0.412. The van der Waals surface area contributed by atoms with Gasteiger partial charge in [0.1, 0.15) is 0 Å². The van der Waals surface area contributed by atoms with Gasteiger partial charge in [-0.05, 0) is 24.6 Å².